The van der Waals surface area contributed by atoms with Crippen LogP contribution in [0.15, 0.2) is 17.7 Å². The predicted molar refractivity (Wildman–Crippen MR) is 118 cm³/mol. The summed E-state index contributed by atoms with van der Waals surface area (Å²) in [5.41, 5.74) is -4.03. The van der Waals surface area contributed by atoms with E-state index < -0.39 is 71.3 Å². The highest BCUT2D eigenvalue weighted by Crippen LogP contribution is 2.65. The standard InChI is InChI=1S/C26H18O10/c1-7-3-10(28)14-18-11(7)15-16-20(29)12-8(2)4-9(27)13-17(12)25(21(16)30,5-35-23(13)32)19(15)22(31)26(18,34)6-36-24(14)33/h3-4,16,21,27-28,30,34H,5-6H2,1-2H3/t16-,21+,25-,26-/m0/s1. The smallest absolute Gasteiger partial charge is 0.342 e. The Hall–Kier alpha value is -4.02. The molecule has 182 valence electrons. The number of esters is 2. The second-order valence-electron chi connectivity index (χ2n) is 10.1. The van der Waals surface area contributed by atoms with E-state index >= 15 is 0 Å². The summed E-state index contributed by atoms with van der Waals surface area (Å²) in [6.07, 6.45) is -1.57. The number of aliphatic hydroxyl groups excluding tert-OH is 1. The molecule has 0 unspecified atom stereocenters. The second kappa shape index (κ2) is 6.03. The van der Waals surface area contributed by atoms with Crippen molar-refractivity contribution in [3.8, 4) is 11.5 Å². The fourth-order valence-electron chi connectivity index (χ4n) is 7.01. The topological polar surface area (TPSA) is 168 Å². The van der Waals surface area contributed by atoms with E-state index in [2.05, 4.69) is 0 Å². The molecule has 2 bridgehead atoms. The Labute approximate surface area is 202 Å². The Morgan fingerprint density at radius 3 is 2.03 bits per heavy atom. The molecule has 0 saturated heterocycles. The van der Waals surface area contributed by atoms with Crippen LogP contribution in [0.4, 0.5) is 0 Å². The number of ketones is 2. The summed E-state index contributed by atoms with van der Waals surface area (Å²) >= 11 is 0. The zero-order chi connectivity index (χ0) is 25.6. The van der Waals surface area contributed by atoms with E-state index in [0.717, 1.165) is 0 Å². The van der Waals surface area contributed by atoms with E-state index in [1.165, 1.54) is 12.1 Å². The van der Waals surface area contributed by atoms with Gasteiger partial charge in [-0.05, 0) is 53.8 Å². The number of Topliss-reactive ketones (excluding diaryl/α,β-unsaturated/α-hetero) is 2. The predicted octanol–water partition coefficient (Wildman–Crippen LogP) is 0.704. The van der Waals surface area contributed by atoms with Gasteiger partial charge in [-0.25, -0.2) is 9.59 Å². The average Bonchev–Trinajstić information content (AvgIpc) is 2.99. The lowest BCUT2D eigenvalue weighted by molar-refractivity contribution is -0.142. The molecule has 10 heteroatoms. The summed E-state index contributed by atoms with van der Waals surface area (Å²) in [7, 11) is 0. The first-order valence-corrected chi connectivity index (χ1v) is 11.3. The molecular weight excluding hydrogens is 472 g/mol. The first-order valence-electron chi connectivity index (χ1n) is 11.3. The first-order chi connectivity index (χ1) is 17.0. The van der Waals surface area contributed by atoms with Crippen LogP contribution >= 0.6 is 0 Å². The van der Waals surface area contributed by atoms with Gasteiger partial charge in [-0.3, -0.25) is 9.59 Å². The van der Waals surface area contributed by atoms with Crippen LogP contribution in [0.2, 0.25) is 0 Å². The zero-order valence-corrected chi connectivity index (χ0v) is 19.0. The first kappa shape index (κ1) is 21.3. The second-order valence-corrected chi connectivity index (χ2v) is 10.1. The van der Waals surface area contributed by atoms with Crippen LogP contribution in [-0.2, 0) is 25.3 Å². The fourth-order valence-corrected chi connectivity index (χ4v) is 7.01. The molecule has 0 radical (unpaired) electrons. The van der Waals surface area contributed by atoms with Gasteiger partial charge in [-0.2, -0.15) is 0 Å². The number of carbonyl (C=O) groups excluding carboxylic acids is 4. The normalized spacial score (nSPS) is 31.0. The average molecular weight is 490 g/mol. The number of fused-ring (bicyclic) bond motifs is 3. The van der Waals surface area contributed by atoms with E-state index in [9.17, 15) is 39.6 Å². The highest BCUT2D eigenvalue weighted by Gasteiger charge is 2.70. The number of hydrogen-bond acceptors (Lipinski definition) is 10. The SMILES string of the molecule is Cc1cc(O)c2c3c1C1=C(C(=O)[C@]3(O)COC2=O)[C@]23COC(=O)c4c(O)cc(C)c(c42)C(=O)[C@H]1[C@H]3O. The van der Waals surface area contributed by atoms with Crippen molar-refractivity contribution in [1.29, 1.82) is 0 Å². The monoisotopic (exact) mass is 490 g/mol. The maximum absolute atomic E-state index is 14.2. The highest BCUT2D eigenvalue weighted by atomic mass is 16.5. The number of rotatable bonds is 0. The number of phenols is 2. The number of aliphatic hydroxyl groups is 2. The van der Waals surface area contributed by atoms with Crippen molar-refractivity contribution < 1.29 is 49.1 Å². The van der Waals surface area contributed by atoms with Gasteiger partial charge in [0, 0.05) is 16.7 Å². The van der Waals surface area contributed by atoms with Crippen molar-refractivity contribution in [1.82, 2.24) is 0 Å². The van der Waals surface area contributed by atoms with E-state index in [1.54, 1.807) is 13.8 Å². The third-order valence-electron chi connectivity index (χ3n) is 8.37. The lowest BCUT2D eigenvalue weighted by Gasteiger charge is -2.45. The summed E-state index contributed by atoms with van der Waals surface area (Å²) in [4.78, 5) is 53.5. The number of carbonyl (C=O) groups is 4. The Morgan fingerprint density at radius 1 is 0.833 bits per heavy atom. The number of cyclic esters (lactones) is 2. The van der Waals surface area contributed by atoms with Gasteiger partial charge in [0.1, 0.15) is 35.8 Å². The molecule has 1 spiro atoms. The third kappa shape index (κ3) is 1.94. The van der Waals surface area contributed by atoms with Gasteiger partial charge in [0.05, 0.1) is 17.4 Å². The maximum atomic E-state index is 14.2. The number of aromatic hydroxyl groups is 2. The van der Waals surface area contributed by atoms with Gasteiger partial charge >= 0.3 is 11.9 Å². The van der Waals surface area contributed by atoms with Crippen molar-refractivity contribution in [3.63, 3.8) is 0 Å². The molecule has 4 atom stereocenters. The van der Waals surface area contributed by atoms with Crippen molar-refractivity contribution in [2.24, 2.45) is 5.92 Å². The molecule has 4 N–H and O–H groups in total. The van der Waals surface area contributed by atoms with Crippen LogP contribution in [0, 0.1) is 19.8 Å². The molecule has 2 aromatic rings. The van der Waals surface area contributed by atoms with Crippen LogP contribution in [0.3, 0.4) is 0 Å². The number of phenolic OH excluding ortho intramolecular Hbond substituents is 2. The van der Waals surface area contributed by atoms with Crippen molar-refractivity contribution in [2.75, 3.05) is 13.2 Å². The molecule has 2 aliphatic heterocycles. The summed E-state index contributed by atoms with van der Waals surface area (Å²) < 4.78 is 10.5. The van der Waals surface area contributed by atoms with Gasteiger partial charge < -0.3 is 29.9 Å². The molecule has 5 aliphatic rings. The Bertz CT molecular complexity index is 1600. The Kier molecular flexibility index (Phi) is 3.56. The quantitative estimate of drug-likeness (QED) is 0.386. The summed E-state index contributed by atoms with van der Waals surface area (Å²) in [6, 6.07) is 2.53. The minimum absolute atomic E-state index is 0.000130. The van der Waals surface area contributed by atoms with E-state index in [0.29, 0.717) is 11.1 Å². The van der Waals surface area contributed by atoms with Gasteiger partial charge in [0.2, 0.25) is 0 Å². The maximum Gasteiger partial charge on any atom is 0.342 e. The van der Waals surface area contributed by atoms with Crippen LogP contribution in [-0.4, -0.2) is 63.2 Å². The molecule has 36 heavy (non-hydrogen) atoms. The largest absolute Gasteiger partial charge is 0.507 e. The summed E-state index contributed by atoms with van der Waals surface area (Å²) in [6.45, 7) is 1.92. The van der Waals surface area contributed by atoms with Crippen molar-refractivity contribution >= 4 is 29.1 Å². The molecule has 3 aliphatic carbocycles. The van der Waals surface area contributed by atoms with Crippen molar-refractivity contribution in [3.05, 3.63) is 62.2 Å². The lowest BCUT2D eigenvalue weighted by Crippen LogP contribution is -2.57. The third-order valence-corrected chi connectivity index (χ3v) is 8.37. The Balaban J connectivity index is 1.70. The van der Waals surface area contributed by atoms with Gasteiger partial charge in [0.25, 0.3) is 0 Å². The molecule has 0 saturated carbocycles. The molecule has 0 fully saturated rings. The summed E-state index contributed by atoms with van der Waals surface area (Å²) in [5.74, 6) is -5.57. The van der Waals surface area contributed by atoms with Crippen molar-refractivity contribution in [2.45, 2.75) is 31.0 Å². The number of aryl methyl sites for hydroxylation is 2. The van der Waals surface area contributed by atoms with E-state index in [1.807, 2.05) is 0 Å². The minimum atomic E-state index is -2.41. The highest BCUT2D eigenvalue weighted by molar-refractivity contribution is 6.25. The van der Waals surface area contributed by atoms with Gasteiger partial charge in [-0.15, -0.1) is 0 Å². The molecule has 0 aromatic heterocycles. The number of benzene rings is 2. The van der Waals surface area contributed by atoms with Gasteiger partial charge in [0.15, 0.2) is 17.2 Å². The Morgan fingerprint density at radius 2 is 1.39 bits per heavy atom. The summed E-state index contributed by atoms with van der Waals surface area (Å²) in [5, 5.41) is 44.6. The molecule has 2 aromatic carbocycles. The van der Waals surface area contributed by atoms with Crippen LogP contribution in [0.25, 0.3) is 5.57 Å². The minimum Gasteiger partial charge on any atom is -0.507 e. The van der Waals surface area contributed by atoms with Crippen LogP contribution in [0.5, 0.6) is 11.5 Å². The van der Waals surface area contributed by atoms with Gasteiger partial charge in [-0.1, -0.05) is 0 Å². The van der Waals surface area contributed by atoms with E-state index in [4.69, 9.17) is 9.47 Å². The molecule has 2 heterocycles. The molecular formula is C26H18O10. The lowest BCUT2D eigenvalue weighted by atomic mass is 9.61. The van der Waals surface area contributed by atoms with Crippen LogP contribution < -0.4 is 0 Å². The fraction of sp³-hybridized carbons (Fsp3) is 0.308. The number of ether oxygens (including phenoxy) is 2. The van der Waals surface area contributed by atoms with E-state index in [-0.39, 0.29) is 44.5 Å². The van der Waals surface area contributed by atoms with Crippen LogP contribution in [0.1, 0.15) is 58.9 Å². The molecule has 0 amide bonds. The number of hydrogen-bond donors (Lipinski definition) is 4. The zero-order valence-electron chi connectivity index (χ0n) is 19.0. The molecule has 10 nitrogen and oxygen atoms in total. The molecule has 7 rings (SSSR count).